The predicted molar refractivity (Wildman–Crippen MR) is 111 cm³/mol. The van der Waals surface area contributed by atoms with Gasteiger partial charge in [0, 0.05) is 25.8 Å². The second kappa shape index (κ2) is 9.41. The van der Waals surface area contributed by atoms with Crippen LogP contribution in [0.5, 0.6) is 0 Å². The van der Waals surface area contributed by atoms with Crippen LogP contribution in [0.15, 0.2) is 60.7 Å². The maximum absolute atomic E-state index is 12.7. The normalized spacial score (nSPS) is 12.3. The molecule has 0 spiro atoms. The van der Waals surface area contributed by atoms with Crippen molar-refractivity contribution in [2.24, 2.45) is 0 Å². The first-order valence-electron chi connectivity index (χ1n) is 8.93. The third-order valence-electron chi connectivity index (χ3n) is 4.28. The van der Waals surface area contributed by atoms with Gasteiger partial charge in [0.25, 0.3) is 0 Å². The van der Waals surface area contributed by atoms with Gasteiger partial charge < -0.3 is 10.2 Å². The Hall–Kier alpha value is -2.54. The average Bonchev–Trinajstić information content (AvgIpc) is 2.66. The first kappa shape index (κ1) is 20.8. The van der Waals surface area contributed by atoms with E-state index in [-0.39, 0.29) is 5.91 Å². The van der Waals surface area contributed by atoms with Crippen molar-refractivity contribution in [2.45, 2.75) is 19.4 Å². The summed E-state index contributed by atoms with van der Waals surface area (Å²) in [6.45, 7) is 2.85. The molecule has 0 aromatic heterocycles. The highest BCUT2D eigenvalue weighted by atomic mass is 32.2. The van der Waals surface area contributed by atoms with Gasteiger partial charge in [-0.3, -0.25) is 9.10 Å². The lowest BCUT2D eigenvalue weighted by Crippen LogP contribution is -2.50. The second-order valence-electron chi connectivity index (χ2n) is 6.37. The smallest absolute Gasteiger partial charge is 0.243 e. The quantitative estimate of drug-likeness (QED) is 0.715. The number of likely N-dealkylation sites (N-methyl/N-ethyl adjacent to an activating group) is 1. The number of para-hydroxylation sites is 2. The van der Waals surface area contributed by atoms with E-state index in [1.54, 1.807) is 24.3 Å². The zero-order valence-electron chi connectivity index (χ0n) is 16.0. The Kier molecular flexibility index (Phi) is 7.24. The molecule has 6 nitrogen and oxygen atoms in total. The van der Waals surface area contributed by atoms with Crippen LogP contribution in [0.4, 0.5) is 11.4 Å². The van der Waals surface area contributed by atoms with Crippen molar-refractivity contribution in [3.05, 3.63) is 60.7 Å². The van der Waals surface area contributed by atoms with E-state index in [1.807, 2.05) is 55.3 Å². The highest BCUT2D eigenvalue weighted by Crippen LogP contribution is 2.22. The summed E-state index contributed by atoms with van der Waals surface area (Å²) in [5, 5.41) is 2.87. The molecule has 2 rings (SSSR count). The lowest BCUT2D eigenvalue weighted by Gasteiger charge is -2.30. The molecule has 0 saturated heterocycles. The van der Waals surface area contributed by atoms with Crippen molar-refractivity contribution >= 4 is 27.3 Å². The van der Waals surface area contributed by atoms with Gasteiger partial charge in [0.1, 0.15) is 6.04 Å². The van der Waals surface area contributed by atoms with Crippen LogP contribution in [-0.4, -0.2) is 46.8 Å². The van der Waals surface area contributed by atoms with Crippen LogP contribution >= 0.6 is 0 Å². The largest absolute Gasteiger partial charge is 0.373 e. The molecule has 0 unspecified atom stereocenters. The minimum absolute atomic E-state index is 0.298. The maximum Gasteiger partial charge on any atom is 0.243 e. The summed E-state index contributed by atoms with van der Waals surface area (Å²) in [4.78, 5) is 14.8. The number of rotatable bonds is 9. The molecule has 0 aliphatic carbocycles. The molecule has 1 amide bonds. The number of benzene rings is 2. The zero-order valence-corrected chi connectivity index (χ0v) is 16.8. The van der Waals surface area contributed by atoms with Gasteiger partial charge in [-0.1, -0.05) is 43.3 Å². The van der Waals surface area contributed by atoms with Crippen molar-refractivity contribution in [3.8, 4) is 0 Å². The standard InChI is InChI=1S/C20H27N3O3S/c1-4-19(23(27(3,25)26)18-13-9-6-10-14-18)20(24)21-15-16-22(2)17-11-7-5-8-12-17/h5-14,19H,4,15-16H2,1-3H3,(H,21,24)/t19-/m0/s1. The molecule has 0 heterocycles. The third-order valence-corrected chi connectivity index (χ3v) is 5.46. The first-order valence-corrected chi connectivity index (χ1v) is 10.8. The van der Waals surface area contributed by atoms with Crippen molar-refractivity contribution < 1.29 is 13.2 Å². The van der Waals surface area contributed by atoms with Crippen molar-refractivity contribution in [3.63, 3.8) is 0 Å². The number of hydrogen-bond donors (Lipinski definition) is 1. The molecule has 0 saturated carbocycles. The van der Waals surface area contributed by atoms with Crippen LogP contribution in [0.1, 0.15) is 13.3 Å². The predicted octanol–water partition coefficient (Wildman–Crippen LogP) is 2.48. The van der Waals surface area contributed by atoms with Gasteiger partial charge in [0.2, 0.25) is 15.9 Å². The molecule has 1 atom stereocenters. The summed E-state index contributed by atoms with van der Waals surface area (Å²) in [5.41, 5.74) is 1.55. The van der Waals surface area contributed by atoms with Crippen LogP contribution < -0.4 is 14.5 Å². The molecule has 0 aliphatic rings. The average molecular weight is 390 g/mol. The lowest BCUT2D eigenvalue weighted by atomic mass is 10.2. The van der Waals surface area contributed by atoms with Gasteiger partial charge in [-0.2, -0.15) is 0 Å². The first-order chi connectivity index (χ1) is 12.8. The summed E-state index contributed by atoms with van der Waals surface area (Å²) < 4.78 is 25.9. The number of sulfonamides is 1. The van der Waals surface area contributed by atoms with E-state index in [9.17, 15) is 13.2 Å². The van der Waals surface area contributed by atoms with E-state index in [1.165, 1.54) is 4.31 Å². The fourth-order valence-electron chi connectivity index (χ4n) is 2.91. The molecule has 0 radical (unpaired) electrons. The number of hydrogen-bond acceptors (Lipinski definition) is 4. The Morgan fingerprint density at radius 2 is 1.52 bits per heavy atom. The molecule has 7 heteroatoms. The molecule has 2 aromatic rings. The summed E-state index contributed by atoms with van der Waals surface area (Å²) in [5.74, 6) is -0.298. The minimum Gasteiger partial charge on any atom is -0.373 e. The van der Waals surface area contributed by atoms with Crippen molar-refractivity contribution in [2.75, 3.05) is 35.6 Å². The van der Waals surface area contributed by atoms with Crippen molar-refractivity contribution in [1.29, 1.82) is 0 Å². The van der Waals surface area contributed by atoms with Gasteiger partial charge >= 0.3 is 0 Å². The number of nitrogens with zero attached hydrogens (tertiary/aromatic N) is 2. The number of carbonyl (C=O) groups excluding carboxylic acids is 1. The van der Waals surface area contributed by atoms with Gasteiger partial charge in [0.05, 0.1) is 11.9 Å². The second-order valence-corrected chi connectivity index (χ2v) is 8.23. The number of carbonyl (C=O) groups is 1. The van der Waals surface area contributed by atoms with Gasteiger partial charge in [-0.25, -0.2) is 8.42 Å². The highest BCUT2D eigenvalue weighted by molar-refractivity contribution is 7.92. The van der Waals surface area contributed by atoms with Crippen LogP contribution in [0.25, 0.3) is 0 Å². The van der Waals surface area contributed by atoms with E-state index >= 15 is 0 Å². The Labute approximate surface area is 161 Å². The molecular formula is C20H27N3O3S. The molecule has 2 aromatic carbocycles. The van der Waals surface area contributed by atoms with E-state index in [4.69, 9.17) is 0 Å². The topological polar surface area (TPSA) is 69.7 Å². The summed E-state index contributed by atoms with van der Waals surface area (Å²) in [6.07, 6.45) is 1.50. The molecule has 27 heavy (non-hydrogen) atoms. The Bertz CT molecular complexity index is 826. The zero-order chi connectivity index (χ0) is 19.9. The minimum atomic E-state index is -3.60. The monoisotopic (exact) mass is 389 g/mol. The van der Waals surface area contributed by atoms with Gasteiger partial charge in [0.15, 0.2) is 0 Å². The van der Waals surface area contributed by atoms with E-state index in [0.29, 0.717) is 25.2 Å². The highest BCUT2D eigenvalue weighted by Gasteiger charge is 2.31. The number of amides is 1. The van der Waals surface area contributed by atoms with E-state index < -0.39 is 16.1 Å². The number of nitrogens with one attached hydrogen (secondary N) is 1. The van der Waals surface area contributed by atoms with Crippen LogP contribution in [0.3, 0.4) is 0 Å². The Balaban J connectivity index is 2.05. The Morgan fingerprint density at radius 3 is 2.00 bits per heavy atom. The molecular weight excluding hydrogens is 362 g/mol. The van der Waals surface area contributed by atoms with Gasteiger partial charge in [-0.15, -0.1) is 0 Å². The van der Waals surface area contributed by atoms with Crippen LogP contribution in [-0.2, 0) is 14.8 Å². The molecule has 0 bridgehead atoms. The third kappa shape index (κ3) is 5.72. The SMILES string of the molecule is CC[C@@H](C(=O)NCCN(C)c1ccccc1)N(c1ccccc1)S(C)(=O)=O. The van der Waals surface area contributed by atoms with Gasteiger partial charge in [-0.05, 0) is 30.7 Å². The fourth-order valence-corrected chi connectivity index (χ4v) is 4.12. The Morgan fingerprint density at radius 1 is 1.00 bits per heavy atom. The summed E-state index contributed by atoms with van der Waals surface area (Å²) >= 11 is 0. The van der Waals surface area contributed by atoms with E-state index in [2.05, 4.69) is 5.32 Å². The van der Waals surface area contributed by atoms with E-state index in [0.717, 1.165) is 11.9 Å². The summed E-state index contributed by atoms with van der Waals surface area (Å²) in [7, 11) is -1.65. The van der Waals surface area contributed by atoms with Crippen LogP contribution in [0, 0.1) is 0 Å². The van der Waals surface area contributed by atoms with Crippen LogP contribution in [0.2, 0.25) is 0 Å². The molecule has 146 valence electrons. The fraction of sp³-hybridized carbons (Fsp3) is 0.350. The van der Waals surface area contributed by atoms with Crippen molar-refractivity contribution in [1.82, 2.24) is 5.32 Å². The molecule has 0 aliphatic heterocycles. The molecule has 1 N–H and O–H groups in total. The molecule has 0 fully saturated rings. The maximum atomic E-state index is 12.7. The number of anilines is 2. The lowest BCUT2D eigenvalue weighted by molar-refractivity contribution is -0.122. The summed E-state index contributed by atoms with van der Waals surface area (Å²) in [6, 6.07) is 17.8.